The monoisotopic (exact) mass is 377 g/mol. The summed E-state index contributed by atoms with van der Waals surface area (Å²) in [7, 11) is 0. The molecule has 0 aromatic heterocycles. The standard InChI is InChI=1S/C25H31NO2/c1-25-12-11-21-20-8-6-19(28)14-17(20)5-7-22(21)23(25)9-10-24(25)26-15-16-3-2-4-18(27)13-16/h2-4,6,8,13-14,21-24,26-28H,5,7,9-12,15H2,1H3/t21-,22-,23+,24-,25-/m1/s1. The highest BCUT2D eigenvalue weighted by Gasteiger charge is 2.54. The smallest absolute Gasteiger partial charge is 0.115 e. The van der Waals surface area contributed by atoms with Gasteiger partial charge in [-0.05, 0) is 103 Å². The Kier molecular flexibility index (Phi) is 4.39. The number of phenolic OH excluding ortho intramolecular Hbond substituents is 2. The summed E-state index contributed by atoms with van der Waals surface area (Å²) in [6.07, 6.45) is 7.49. The van der Waals surface area contributed by atoms with Crippen LogP contribution in [0.4, 0.5) is 0 Å². The van der Waals surface area contributed by atoms with E-state index in [1.165, 1.54) is 43.2 Å². The molecule has 2 aromatic rings. The van der Waals surface area contributed by atoms with E-state index >= 15 is 0 Å². The number of benzene rings is 2. The van der Waals surface area contributed by atoms with Crippen LogP contribution in [-0.4, -0.2) is 16.3 Å². The summed E-state index contributed by atoms with van der Waals surface area (Å²) in [4.78, 5) is 0. The Morgan fingerprint density at radius 1 is 1.00 bits per heavy atom. The van der Waals surface area contributed by atoms with Crippen molar-refractivity contribution >= 4 is 0 Å². The van der Waals surface area contributed by atoms with Gasteiger partial charge in [0.15, 0.2) is 0 Å². The number of rotatable bonds is 3. The fraction of sp³-hybridized carbons (Fsp3) is 0.520. The van der Waals surface area contributed by atoms with Crippen LogP contribution < -0.4 is 5.32 Å². The topological polar surface area (TPSA) is 52.5 Å². The number of phenols is 2. The van der Waals surface area contributed by atoms with Crippen molar-refractivity contribution in [2.45, 2.75) is 64.0 Å². The zero-order chi connectivity index (χ0) is 19.3. The fourth-order valence-electron chi connectivity index (χ4n) is 6.81. The Bertz CT molecular complexity index is 879. The number of aromatic hydroxyl groups is 2. The maximum atomic E-state index is 9.86. The summed E-state index contributed by atoms with van der Waals surface area (Å²) in [6, 6.07) is 14.2. The molecule has 148 valence electrons. The van der Waals surface area contributed by atoms with Crippen LogP contribution in [0.3, 0.4) is 0 Å². The van der Waals surface area contributed by atoms with Gasteiger partial charge in [0.2, 0.25) is 0 Å². The molecule has 3 aliphatic rings. The van der Waals surface area contributed by atoms with Crippen LogP contribution in [-0.2, 0) is 13.0 Å². The zero-order valence-corrected chi connectivity index (χ0v) is 16.7. The van der Waals surface area contributed by atoms with Crippen LogP contribution in [0, 0.1) is 17.3 Å². The molecule has 5 atom stereocenters. The highest BCUT2D eigenvalue weighted by molar-refractivity contribution is 5.40. The van der Waals surface area contributed by atoms with E-state index in [1.54, 1.807) is 6.07 Å². The molecular formula is C25H31NO2. The SMILES string of the molecule is C[C@@]12CC[C@@H]3c4ccc(O)cc4CC[C@H]3[C@@H]1CC[C@H]2NCc1cccc(O)c1. The Hall–Kier alpha value is -2.00. The van der Waals surface area contributed by atoms with Gasteiger partial charge < -0.3 is 15.5 Å². The van der Waals surface area contributed by atoms with Crippen molar-refractivity contribution in [3.05, 3.63) is 59.2 Å². The van der Waals surface area contributed by atoms with Crippen molar-refractivity contribution in [2.75, 3.05) is 0 Å². The first kappa shape index (κ1) is 18.1. The van der Waals surface area contributed by atoms with E-state index in [0.717, 1.165) is 30.4 Å². The Labute approximate surface area is 167 Å². The molecule has 2 saturated carbocycles. The average Bonchev–Trinajstić information content (AvgIpc) is 3.02. The summed E-state index contributed by atoms with van der Waals surface area (Å²) in [5, 5.41) is 23.4. The van der Waals surface area contributed by atoms with E-state index in [9.17, 15) is 10.2 Å². The molecule has 3 heteroatoms. The lowest BCUT2D eigenvalue weighted by atomic mass is 9.55. The van der Waals surface area contributed by atoms with Gasteiger partial charge in [0, 0.05) is 12.6 Å². The van der Waals surface area contributed by atoms with Gasteiger partial charge in [0.1, 0.15) is 11.5 Å². The molecule has 0 radical (unpaired) electrons. The second-order valence-corrected chi connectivity index (χ2v) is 9.52. The van der Waals surface area contributed by atoms with E-state index in [4.69, 9.17) is 0 Å². The zero-order valence-electron chi connectivity index (χ0n) is 16.7. The lowest BCUT2D eigenvalue weighted by molar-refractivity contribution is 0.0408. The molecule has 0 spiro atoms. The van der Waals surface area contributed by atoms with Crippen molar-refractivity contribution in [1.82, 2.24) is 5.32 Å². The number of hydrogen-bond acceptors (Lipinski definition) is 3. The van der Waals surface area contributed by atoms with E-state index in [0.29, 0.717) is 28.9 Å². The number of aryl methyl sites for hydroxylation is 1. The molecule has 28 heavy (non-hydrogen) atoms. The van der Waals surface area contributed by atoms with Crippen molar-refractivity contribution in [1.29, 1.82) is 0 Å². The Morgan fingerprint density at radius 3 is 2.71 bits per heavy atom. The summed E-state index contributed by atoms with van der Waals surface area (Å²) in [6.45, 7) is 3.35. The number of fused-ring (bicyclic) bond motifs is 5. The molecule has 2 fully saturated rings. The lowest BCUT2D eigenvalue weighted by Crippen LogP contribution is -2.48. The molecule has 0 saturated heterocycles. The van der Waals surface area contributed by atoms with Crippen LogP contribution in [0.1, 0.15) is 61.6 Å². The van der Waals surface area contributed by atoms with Gasteiger partial charge >= 0.3 is 0 Å². The third-order valence-electron chi connectivity index (χ3n) is 8.17. The fourth-order valence-corrected chi connectivity index (χ4v) is 6.81. The molecule has 3 aliphatic carbocycles. The lowest BCUT2D eigenvalue weighted by Gasteiger charge is -2.51. The van der Waals surface area contributed by atoms with E-state index in [1.807, 2.05) is 24.3 Å². The van der Waals surface area contributed by atoms with Crippen molar-refractivity contribution in [2.24, 2.45) is 17.3 Å². The van der Waals surface area contributed by atoms with Gasteiger partial charge in [-0.1, -0.05) is 25.1 Å². The van der Waals surface area contributed by atoms with Gasteiger partial charge in [-0.2, -0.15) is 0 Å². The van der Waals surface area contributed by atoms with Crippen molar-refractivity contribution in [3.8, 4) is 11.5 Å². The van der Waals surface area contributed by atoms with Gasteiger partial charge in [0.25, 0.3) is 0 Å². The van der Waals surface area contributed by atoms with Crippen LogP contribution >= 0.6 is 0 Å². The predicted molar refractivity (Wildman–Crippen MR) is 111 cm³/mol. The summed E-state index contributed by atoms with van der Waals surface area (Å²) < 4.78 is 0. The minimum atomic E-state index is 0.349. The van der Waals surface area contributed by atoms with Crippen molar-refractivity contribution < 1.29 is 10.2 Å². The van der Waals surface area contributed by atoms with E-state index in [-0.39, 0.29) is 0 Å². The van der Waals surface area contributed by atoms with Crippen LogP contribution in [0.2, 0.25) is 0 Å². The predicted octanol–water partition coefficient (Wildman–Crippen LogP) is 5.11. The minimum Gasteiger partial charge on any atom is -0.508 e. The minimum absolute atomic E-state index is 0.349. The first-order valence-corrected chi connectivity index (χ1v) is 10.9. The van der Waals surface area contributed by atoms with Gasteiger partial charge in [-0.25, -0.2) is 0 Å². The maximum absolute atomic E-state index is 9.86. The van der Waals surface area contributed by atoms with E-state index < -0.39 is 0 Å². The van der Waals surface area contributed by atoms with Crippen LogP contribution in [0.5, 0.6) is 11.5 Å². The first-order chi connectivity index (χ1) is 13.5. The molecule has 0 aliphatic heterocycles. The highest BCUT2D eigenvalue weighted by atomic mass is 16.3. The molecule has 0 amide bonds. The maximum Gasteiger partial charge on any atom is 0.115 e. The third kappa shape index (κ3) is 2.91. The summed E-state index contributed by atoms with van der Waals surface area (Å²) in [5.74, 6) is 3.00. The second-order valence-electron chi connectivity index (χ2n) is 9.52. The first-order valence-electron chi connectivity index (χ1n) is 10.9. The third-order valence-corrected chi connectivity index (χ3v) is 8.17. The average molecular weight is 378 g/mol. The molecule has 0 bridgehead atoms. The molecule has 2 aromatic carbocycles. The Morgan fingerprint density at radius 2 is 1.86 bits per heavy atom. The van der Waals surface area contributed by atoms with Gasteiger partial charge in [0.05, 0.1) is 0 Å². The van der Waals surface area contributed by atoms with Gasteiger partial charge in [-0.15, -0.1) is 0 Å². The molecule has 0 heterocycles. The summed E-state index contributed by atoms with van der Waals surface area (Å²) >= 11 is 0. The van der Waals surface area contributed by atoms with Crippen LogP contribution in [0.25, 0.3) is 0 Å². The number of nitrogens with one attached hydrogen (secondary N) is 1. The van der Waals surface area contributed by atoms with Crippen LogP contribution in [0.15, 0.2) is 42.5 Å². The number of hydrogen-bond donors (Lipinski definition) is 3. The molecule has 3 N–H and O–H groups in total. The molecule has 3 nitrogen and oxygen atoms in total. The van der Waals surface area contributed by atoms with Crippen molar-refractivity contribution in [3.63, 3.8) is 0 Å². The molecule has 0 unspecified atom stereocenters. The highest BCUT2D eigenvalue weighted by Crippen LogP contribution is 2.61. The molecule has 5 rings (SSSR count). The second kappa shape index (κ2) is 6.81. The Balaban J connectivity index is 1.33. The summed E-state index contributed by atoms with van der Waals surface area (Å²) in [5.41, 5.74) is 4.41. The van der Waals surface area contributed by atoms with Gasteiger partial charge in [-0.3, -0.25) is 0 Å². The quantitative estimate of drug-likeness (QED) is 0.696. The largest absolute Gasteiger partial charge is 0.508 e. The molecular weight excluding hydrogens is 346 g/mol. The van der Waals surface area contributed by atoms with E-state index in [2.05, 4.69) is 24.4 Å². The normalized spacial score (nSPS) is 33.8.